The maximum atomic E-state index is 5.86. The number of nitrogens with zero attached hydrogens (tertiary/aromatic N) is 2. The first-order valence-corrected chi connectivity index (χ1v) is 6.61. The van der Waals surface area contributed by atoms with Gasteiger partial charge in [0.25, 0.3) is 0 Å². The first-order chi connectivity index (χ1) is 8.69. The van der Waals surface area contributed by atoms with Crippen molar-refractivity contribution in [1.82, 2.24) is 15.5 Å². The van der Waals surface area contributed by atoms with Crippen molar-refractivity contribution in [3.05, 3.63) is 33.6 Å². The highest BCUT2D eigenvalue weighted by atomic mass is 79.9. The molecular formula is C11H12BrClN4O. The molecule has 2 N–H and O–H groups in total. The molecule has 0 aliphatic carbocycles. The van der Waals surface area contributed by atoms with Crippen molar-refractivity contribution in [2.24, 2.45) is 0 Å². The van der Waals surface area contributed by atoms with Crippen LogP contribution in [0.2, 0.25) is 5.02 Å². The van der Waals surface area contributed by atoms with Crippen LogP contribution in [0.15, 0.2) is 27.1 Å². The maximum Gasteiger partial charge on any atom is 0.320 e. The van der Waals surface area contributed by atoms with E-state index in [9.17, 15) is 0 Å². The third-order valence-corrected chi connectivity index (χ3v) is 3.06. The lowest BCUT2D eigenvalue weighted by Crippen LogP contribution is -2.11. The monoisotopic (exact) mass is 330 g/mol. The summed E-state index contributed by atoms with van der Waals surface area (Å²) in [6.45, 7) is 3.43. The molecule has 0 spiro atoms. The van der Waals surface area contributed by atoms with Crippen molar-refractivity contribution in [1.29, 1.82) is 0 Å². The molecule has 0 bridgehead atoms. The Morgan fingerprint density at radius 2 is 2.22 bits per heavy atom. The Morgan fingerprint density at radius 3 is 2.94 bits per heavy atom. The van der Waals surface area contributed by atoms with Crippen LogP contribution in [0, 0.1) is 0 Å². The van der Waals surface area contributed by atoms with Crippen LogP contribution in [0.25, 0.3) is 0 Å². The minimum Gasteiger partial charge on any atom is -0.406 e. The summed E-state index contributed by atoms with van der Waals surface area (Å²) in [5.41, 5.74) is 0.818. The van der Waals surface area contributed by atoms with Gasteiger partial charge in [-0.15, -0.1) is 5.10 Å². The van der Waals surface area contributed by atoms with Gasteiger partial charge in [0, 0.05) is 9.50 Å². The van der Waals surface area contributed by atoms with Gasteiger partial charge in [-0.05, 0) is 40.7 Å². The molecule has 0 saturated heterocycles. The molecule has 2 rings (SSSR count). The molecule has 0 radical (unpaired) electrons. The lowest BCUT2D eigenvalue weighted by molar-refractivity contribution is 0.484. The number of hydrogen-bond donors (Lipinski definition) is 2. The highest BCUT2D eigenvalue weighted by Gasteiger charge is 2.07. The average Bonchev–Trinajstić information content (AvgIpc) is 2.78. The summed E-state index contributed by atoms with van der Waals surface area (Å²) in [4.78, 5) is 0. The predicted molar refractivity (Wildman–Crippen MR) is 74.1 cm³/mol. The Kier molecular flexibility index (Phi) is 4.57. The third kappa shape index (κ3) is 3.44. The maximum absolute atomic E-state index is 5.86. The standard InChI is InChI=1S/C11H12BrClN4O/c1-2-14-6-10-16-17-11(18-10)15-9-4-3-7(13)5-8(9)12/h3-5,14H,2,6H2,1H3,(H,15,17). The zero-order valence-electron chi connectivity index (χ0n) is 9.70. The molecule has 0 atom stereocenters. The molecule has 0 saturated carbocycles. The van der Waals surface area contributed by atoms with Crippen LogP contribution in [0.4, 0.5) is 11.7 Å². The second kappa shape index (κ2) is 6.17. The van der Waals surface area contributed by atoms with Gasteiger partial charge in [-0.1, -0.05) is 23.6 Å². The number of aromatic nitrogens is 2. The van der Waals surface area contributed by atoms with E-state index in [2.05, 4.69) is 36.8 Å². The van der Waals surface area contributed by atoms with Gasteiger partial charge in [0.05, 0.1) is 12.2 Å². The molecule has 0 fully saturated rings. The van der Waals surface area contributed by atoms with Crippen LogP contribution in [-0.4, -0.2) is 16.7 Å². The van der Waals surface area contributed by atoms with E-state index in [1.807, 2.05) is 13.0 Å². The van der Waals surface area contributed by atoms with Crippen molar-refractivity contribution >= 4 is 39.2 Å². The van der Waals surface area contributed by atoms with Crippen molar-refractivity contribution < 1.29 is 4.42 Å². The molecular weight excluding hydrogens is 320 g/mol. The average molecular weight is 332 g/mol. The smallest absolute Gasteiger partial charge is 0.320 e. The van der Waals surface area contributed by atoms with Crippen LogP contribution in [0.1, 0.15) is 12.8 Å². The Balaban J connectivity index is 2.06. The second-order valence-electron chi connectivity index (χ2n) is 3.53. The zero-order chi connectivity index (χ0) is 13.0. The van der Waals surface area contributed by atoms with Gasteiger partial charge >= 0.3 is 6.01 Å². The molecule has 1 aromatic heterocycles. The first kappa shape index (κ1) is 13.3. The van der Waals surface area contributed by atoms with E-state index in [4.69, 9.17) is 16.0 Å². The normalized spacial score (nSPS) is 10.6. The Bertz CT molecular complexity index is 532. The fourth-order valence-corrected chi connectivity index (χ4v) is 2.10. The molecule has 1 heterocycles. The van der Waals surface area contributed by atoms with Crippen LogP contribution in [0.5, 0.6) is 0 Å². The number of nitrogens with one attached hydrogen (secondary N) is 2. The van der Waals surface area contributed by atoms with Crippen molar-refractivity contribution in [3.8, 4) is 0 Å². The lowest BCUT2D eigenvalue weighted by atomic mass is 10.3. The van der Waals surface area contributed by atoms with E-state index in [-0.39, 0.29) is 0 Å². The summed E-state index contributed by atoms with van der Waals surface area (Å²) in [5.74, 6) is 0.546. The first-order valence-electron chi connectivity index (χ1n) is 5.44. The molecule has 0 unspecified atom stereocenters. The Labute approximate surface area is 118 Å². The predicted octanol–water partition coefficient (Wildman–Crippen LogP) is 3.34. The molecule has 2 aromatic rings. The SMILES string of the molecule is CCNCc1nnc(Nc2ccc(Cl)cc2Br)o1. The molecule has 5 nitrogen and oxygen atoms in total. The van der Waals surface area contributed by atoms with Gasteiger partial charge in [0.1, 0.15) is 0 Å². The van der Waals surface area contributed by atoms with E-state index in [1.54, 1.807) is 12.1 Å². The summed E-state index contributed by atoms with van der Waals surface area (Å²) >= 11 is 9.27. The number of anilines is 2. The van der Waals surface area contributed by atoms with Crippen molar-refractivity contribution in [2.75, 3.05) is 11.9 Å². The Morgan fingerprint density at radius 1 is 1.39 bits per heavy atom. The number of benzene rings is 1. The van der Waals surface area contributed by atoms with Crippen LogP contribution in [0.3, 0.4) is 0 Å². The summed E-state index contributed by atoms with van der Waals surface area (Å²) < 4.78 is 6.26. The summed E-state index contributed by atoms with van der Waals surface area (Å²) in [6.07, 6.45) is 0. The molecule has 0 amide bonds. The van der Waals surface area contributed by atoms with E-state index >= 15 is 0 Å². The molecule has 18 heavy (non-hydrogen) atoms. The van der Waals surface area contributed by atoms with Gasteiger partial charge in [0.2, 0.25) is 5.89 Å². The third-order valence-electron chi connectivity index (χ3n) is 2.17. The van der Waals surface area contributed by atoms with Gasteiger partial charge < -0.3 is 15.1 Å². The van der Waals surface area contributed by atoms with Gasteiger partial charge in [0.15, 0.2) is 0 Å². The van der Waals surface area contributed by atoms with Gasteiger partial charge in [-0.2, -0.15) is 0 Å². The topological polar surface area (TPSA) is 63.0 Å². The largest absolute Gasteiger partial charge is 0.406 e. The fraction of sp³-hybridized carbons (Fsp3) is 0.273. The second-order valence-corrected chi connectivity index (χ2v) is 4.82. The molecule has 0 aliphatic heterocycles. The lowest BCUT2D eigenvalue weighted by Gasteiger charge is -2.04. The quantitative estimate of drug-likeness (QED) is 0.880. The summed E-state index contributed by atoms with van der Waals surface area (Å²) in [7, 11) is 0. The highest BCUT2D eigenvalue weighted by Crippen LogP contribution is 2.28. The van der Waals surface area contributed by atoms with Gasteiger partial charge in [-0.3, -0.25) is 0 Å². The van der Waals surface area contributed by atoms with Gasteiger partial charge in [-0.25, -0.2) is 0 Å². The summed E-state index contributed by atoms with van der Waals surface area (Å²) in [5, 5.41) is 14.6. The minimum absolute atomic E-state index is 0.353. The minimum atomic E-state index is 0.353. The van der Waals surface area contributed by atoms with Crippen molar-refractivity contribution in [2.45, 2.75) is 13.5 Å². The fourth-order valence-electron chi connectivity index (χ4n) is 1.31. The van der Waals surface area contributed by atoms with E-state index in [1.165, 1.54) is 0 Å². The van der Waals surface area contributed by atoms with E-state index in [0.29, 0.717) is 23.5 Å². The van der Waals surface area contributed by atoms with Crippen LogP contribution < -0.4 is 10.6 Å². The molecule has 96 valence electrons. The summed E-state index contributed by atoms with van der Waals surface area (Å²) in [6, 6.07) is 5.76. The Hall–Kier alpha value is -1.11. The number of rotatable bonds is 5. The highest BCUT2D eigenvalue weighted by molar-refractivity contribution is 9.10. The number of hydrogen-bond acceptors (Lipinski definition) is 5. The molecule has 1 aromatic carbocycles. The zero-order valence-corrected chi connectivity index (χ0v) is 12.0. The molecule has 7 heteroatoms. The van der Waals surface area contributed by atoms with Crippen molar-refractivity contribution in [3.63, 3.8) is 0 Å². The van der Waals surface area contributed by atoms with Crippen LogP contribution >= 0.6 is 27.5 Å². The van der Waals surface area contributed by atoms with E-state index < -0.39 is 0 Å². The van der Waals surface area contributed by atoms with Crippen LogP contribution in [-0.2, 0) is 6.54 Å². The number of halogens is 2. The molecule has 0 aliphatic rings. The van der Waals surface area contributed by atoms with E-state index in [0.717, 1.165) is 16.7 Å².